The van der Waals surface area contributed by atoms with Gasteiger partial charge >= 0.3 is 0 Å². The Hall–Kier alpha value is -1.16. The highest BCUT2D eigenvalue weighted by molar-refractivity contribution is 5.30. The van der Waals surface area contributed by atoms with Crippen LogP contribution in [0.25, 0.3) is 0 Å². The molecule has 0 saturated carbocycles. The molecule has 1 aliphatic rings. The summed E-state index contributed by atoms with van der Waals surface area (Å²) < 4.78 is 33.4. The second-order valence-electron chi connectivity index (χ2n) is 4.39. The molecule has 1 saturated heterocycles. The number of nitrogens with one attached hydrogen (secondary N) is 1. The van der Waals surface area contributed by atoms with Crippen LogP contribution in [0.4, 0.5) is 8.78 Å². The molecule has 1 aromatic carbocycles. The zero-order chi connectivity index (χ0) is 12.3. The Labute approximate surface area is 100.0 Å². The van der Waals surface area contributed by atoms with Crippen LogP contribution in [-0.2, 0) is 5.92 Å². The smallest absolute Gasteiger partial charge is 0.277 e. The minimum absolute atomic E-state index is 0.0759. The minimum Gasteiger partial charge on any atom is -0.497 e. The number of hydrogen-bond donors (Lipinski definition) is 1. The molecule has 0 spiro atoms. The van der Waals surface area contributed by atoms with Gasteiger partial charge in [-0.3, -0.25) is 0 Å². The Morgan fingerprint density at radius 2 is 2.00 bits per heavy atom. The van der Waals surface area contributed by atoms with E-state index >= 15 is 0 Å². The van der Waals surface area contributed by atoms with Crippen LogP contribution in [-0.4, -0.2) is 20.2 Å². The fourth-order valence-corrected chi connectivity index (χ4v) is 2.21. The molecule has 0 aromatic heterocycles. The molecule has 1 aromatic rings. The lowest BCUT2D eigenvalue weighted by Crippen LogP contribution is -2.39. The van der Waals surface area contributed by atoms with Crippen LogP contribution >= 0.6 is 0 Å². The molecule has 2 nitrogen and oxygen atoms in total. The number of hydrogen-bond acceptors (Lipinski definition) is 2. The van der Waals surface area contributed by atoms with Gasteiger partial charge in [-0.25, -0.2) is 8.78 Å². The Morgan fingerprint density at radius 1 is 1.29 bits per heavy atom. The van der Waals surface area contributed by atoms with E-state index < -0.39 is 11.8 Å². The van der Waals surface area contributed by atoms with E-state index in [1.165, 1.54) is 19.2 Å². The molecule has 1 N–H and O–H groups in total. The summed E-state index contributed by atoms with van der Waals surface area (Å²) in [7, 11) is 1.53. The van der Waals surface area contributed by atoms with Gasteiger partial charge in [0.05, 0.1) is 7.11 Å². The van der Waals surface area contributed by atoms with Crippen LogP contribution in [0.3, 0.4) is 0 Å². The summed E-state index contributed by atoms with van der Waals surface area (Å²) in [6.07, 6.45) is 1.39. The standard InChI is InChI=1S/C13H17F2NO/c1-17-12-6-4-10(5-7-12)13(14,15)11-3-2-8-16-9-11/h4-7,11,16H,2-3,8-9H2,1H3. The average Bonchev–Trinajstić information content (AvgIpc) is 2.40. The highest BCUT2D eigenvalue weighted by Crippen LogP contribution is 2.39. The van der Waals surface area contributed by atoms with Crippen molar-refractivity contribution in [2.45, 2.75) is 18.8 Å². The van der Waals surface area contributed by atoms with Crippen molar-refractivity contribution in [1.29, 1.82) is 0 Å². The van der Waals surface area contributed by atoms with Gasteiger partial charge in [-0.05, 0) is 43.7 Å². The van der Waals surface area contributed by atoms with E-state index in [1.54, 1.807) is 12.1 Å². The van der Waals surface area contributed by atoms with Gasteiger partial charge in [-0.1, -0.05) is 0 Å². The number of ether oxygens (including phenoxy) is 1. The van der Waals surface area contributed by atoms with Crippen molar-refractivity contribution in [1.82, 2.24) is 5.32 Å². The lowest BCUT2D eigenvalue weighted by molar-refractivity contribution is -0.0724. The Morgan fingerprint density at radius 3 is 2.53 bits per heavy atom. The molecule has 17 heavy (non-hydrogen) atoms. The molecule has 1 fully saturated rings. The molecule has 0 amide bonds. The minimum atomic E-state index is -2.76. The van der Waals surface area contributed by atoms with E-state index in [0.29, 0.717) is 18.7 Å². The van der Waals surface area contributed by atoms with Gasteiger partial charge in [0, 0.05) is 18.0 Å². The molecule has 1 unspecified atom stereocenters. The van der Waals surface area contributed by atoms with Crippen molar-refractivity contribution < 1.29 is 13.5 Å². The maximum Gasteiger partial charge on any atom is 0.277 e. The first-order valence-corrected chi connectivity index (χ1v) is 5.87. The highest BCUT2D eigenvalue weighted by atomic mass is 19.3. The van der Waals surface area contributed by atoms with Crippen molar-refractivity contribution in [2.75, 3.05) is 20.2 Å². The summed E-state index contributed by atoms with van der Waals surface area (Å²) in [5.41, 5.74) is 0.0759. The SMILES string of the molecule is COc1ccc(C(F)(F)C2CCCNC2)cc1. The molecule has 1 atom stereocenters. The summed E-state index contributed by atoms with van der Waals surface area (Å²) >= 11 is 0. The lowest BCUT2D eigenvalue weighted by Gasteiger charge is -2.30. The van der Waals surface area contributed by atoms with Gasteiger partial charge in [0.25, 0.3) is 5.92 Å². The van der Waals surface area contributed by atoms with Crippen molar-refractivity contribution in [3.63, 3.8) is 0 Å². The zero-order valence-electron chi connectivity index (χ0n) is 9.88. The molecule has 94 valence electrons. The molecule has 0 radical (unpaired) electrons. The fraction of sp³-hybridized carbons (Fsp3) is 0.538. The molecular weight excluding hydrogens is 224 g/mol. The average molecular weight is 241 g/mol. The molecule has 1 heterocycles. The van der Waals surface area contributed by atoms with E-state index in [0.717, 1.165) is 13.0 Å². The Kier molecular flexibility index (Phi) is 3.62. The zero-order valence-corrected chi connectivity index (χ0v) is 9.88. The summed E-state index contributed by atoms with van der Waals surface area (Å²) in [5.74, 6) is -2.77. The Bertz CT molecular complexity index is 358. The van der Waals surface area contributed by atoms with Crippen LogP contribution in [0, 0.1) is 5.92 Å². The summed E-state index contributed by atoms with van der Waals surface area (Å²) in [6.45, 7) is 1.23. The largest absolute Gasteiger partial charge is 0.497 e. The maximum atomic E-state index is 14.2. The molecule has 0 aliphatic carbocycles. The third-order valence-electron chi connectivity index (χ3n) is 3.28. The Balaban J connectivity index is 2.17. The van der Waals surface area contributed by atoms with Crippen molar-refractivity contribution in [3.8, 4) is 5.75 Å². The van der Waals surface area contributed by atoms with E-state index in [1.807, 2.05) is 0 Å². The maximum absolute atomic E-state index is 14.2. The van der Waals surface area contributed by atoms with Crippen LogP contribution in [0.1, 0.15) is 18.4 Å². The summed E-state index contributed by atoms with van der Waals surface area (Å²) in [4.78, 5) is 0. The predicted octanol–water partition coefficient (Wildman–Crippen LogP) is 2.79. The van der Waals surface area contributed by atoms with Crippen LogP contribution in [0.2, 0.25) is 0 Å². The number of benzene rings is 1. The quantitative estimate of drug-likeness (QED) is 0.878. The van der Waals surface area contributed by atoms with Crippen LogP contribution in [0.5, 0.6) is 5.75 Å². The third-order valence-corrected chi connectivity index (χ3v) is 3.28. The van der Waals surface area contributed by atoms with Crippen LogP contribution < -0.4 is 10.1 Å². The normalized spacial score (nSPS) is 21.2. The number of methoxy groups -OCH3 is 1. The van der Waals surface area contributed by atoms with E-state index in [9.17, 15) is 8.78 Å². The molecule has 1 aliphatic heterocycles. The molecule has 4 heteroatoms. The first-order chi connectivity index (χ1) is 8.14. The topological polar surface area (TPSA) is 21.3 Å². The van der Waals surface area contributed by atoms with E-state index in [4.69, 9.17) is 4.74 Å². The van der Waals surface area contributed by atoms with Crippen molar-refractivity contribution in [3.05, 3.63) is 29.8 Å². The summed E-state index contributed by atoms with van der Waals surface area (Å²) in [5, 5.41) is 3.03. The second kappa shape index (κ2) is 5.00. The van der Waals surface area contributed by atoms with E-state index in [2.05, 4.69) is 5.32 Å². The number of halogens is 2. The third kappa shape index (κ3) is 2.57. The van der Waals surface area contributed by atoms with Gasteiger partial charge in [0.2, 0.25) is 0 Å². The number of rotatable bonds is 3. The highest BCUT2D eigenvalue weighted by Gasteiger charge is 2.41. The van der Waals surface area contributed by atoms with Gasteiger partial charge in [0.15, 0.2) is 0 Å². The van der Waals surface area contributed by atoms with Gasteiger partial charge in [-0.2, -0.15) is 0 Å². The van der Waals surface area contributed by atoms with Crippen molar-refractivity contribution in [2.24, 2.45) is 5.92 Å². The number of piperidine rings is 1. The monoisotopic (exact) mass is 241 g/mol. The van der Waals surface area contributed by atoms with Gasteiger partial charge < -0.3 is 10.1 Å². The van der Waals surface area contributed by atoms with E-state index in [-0.39, 0.29) is 5.56 Å². The number of alkyl halides is 2. The van der Waals surface area contributed by atoms with Gasteiger partial charge in [-0.15, -0.1) is 0 Å². The van der Waals surface area contributed by atoms with Crippen LogP contribution in [0.15, 0.2) is 24.3 Å². The summed E-state index contributed by atoms with van der Waals surface area (Å²) in [6, 6.07) is 6.07. The van der Waals surface area contributed by atoms with Gasteiger partial charge in [0.1, 0.15) is 5.75 Å². The first-order valence-electron chi connectivity index (χ1n) is 5.87. The predicted molar refractivity (Wildman–Crippen MR) is 62.5 cm³/mol. The second-order valence-corrected chi connectivity index (χ2v) is 4.39. The molecular formula is C13H17F2NO. The fourth-order valence-electron chi connectivity index (χ4n) is 2.21. The van der Waals surface area contributed by atoms with Crippen molar-refractivity contribution >= 4 is 0 Å². The molecule has 0 bridgehead atoms. The lowest BCUT2D eigenvalue weighted by atomic mass is 9.88. The molecule has 2 rings (SSSR count). The first kappa shape index (κ1) is 12.3.